The van der Waals surface area contributed by atoms with E-state index in [4.69, 9.17) is 11.5 Å². The summed E-state index contributed by atoms with van der Waals surface area (Å²) in [5.41, 5.74) is 14.1. The van der Waals surface area contributed by atoms with Crippen molar-refractivity contribution in [3.63, 3.8) is 0 Å². The number of carbonyl (C=O) groups excluding carboxylic acids is 1. The molecule has 0 fully saturated rings. The quantitative estimate of drug-likeness (QED) is 0.713. The smallest absolute Gasteiger partial charge is 0.250 e. The number of primary amides is 1. The number of nitrogens with one attached hydrogen (secondary N) is 1. The van der Waals surface area contributed by atoms with E-state index in [0.29, 0.717) is 11.3 Å². The third-order valence-corrected chi connectivity index (χ3v) is 3.42. The topological polar surface area (TPSA) is 81.1 Å². The molecule has 0 aromatic heterocycles. The van der Waals surface area contributed by atoms with E-state index in [-0.39, 0.29) is 6.04 Å². The SMILES string of the molecule is CC(CCc1ccccc1)Nc1ccc(N)cc1C(N)=O. The number of hydrogen-bond acceptors (Lipinski definition) is 3. The van der Waals surface area contributed by atoms with Crippen molar-refractivity contribution in [2.75, 3.05) is 11.1 Å². The van der Waals surface area contributed by atoms with E-state index < -0.39 is 5.91 Å². The maximum Gasteiger partial charge on any atom is 0.250 e. The second kappa shape index (κ2) is 6.79. The number of hydrogen-bond donors (Lipinski definition) is 3. The van der Waals surface area contributed by atoms with Crippen molar-refractivity contribution in [3.8, 4) is 0 Å². The van der Waals surface area contributed by atoms with Gasteiger partial charge < -0.3 is 16.8 Å². The van der Waals surface area contributed by atoms with Gasteiger partial charge in [-0.2, -0.15) is 0 Å². The lowest BCUT2D eigenvalue weighted by atomic mass is 10.0. The van der Waals surface area contributed by atoms with E-state index >= 15 is 0 Å². The average molecular weight is 283 g/mol. The Hall–Kier alpha value is -2.49. The van der Waals surface area contributed by atoms with Crippen molar-refractivity contribution < 1.29 is 4.79 Å². The molecule has 2 aromatic carbocycles. The molecule has 1 unspecified atom stereocenters. The molecule has 4 nitrogen and oxygen atoms in total. The summed E-state index contributed by atoms with van der Waals surface area (Å²) in [5.74, 6) is -0.472. The second-order valence-electron chi connectivity index (χ2n) is 5.24. The Morgan fingerprint density at radius 1 is 1.19 bits per heavy atom. The first kappa shape index (κ1) is 14.9. The summed E-state index contributed by atoms with van der Waals surface area (Å²) in [6, 6.07) is 15.7. The highest BCUT2D eigenvalue weighted by atomic mass is 16.1. The van der Waals surface area contributed by atoms with Crippen molar-refractivity contribution >= 4 is 17.3 Å². The van der Waals surface area contributed by atoms with E-state index in [1.54, 1.807) is 18.2 Å². The van der Waals surface area contributed by atoms with Crippen molar-refractivity contribution in [2.45, 2.75) is 25.8 Å². The van der Waals surface area contributed by atoms with Crippen LogP contribution in [0.5, 0.6) is 0 Å². The van der Waals surface area contributed by atoms with E-state index in [2.05, 4.69) is 24.4 Å². The Bertz CT molecular complexity index is 611. The molecule has 0 heterocycles. The predicted octanol–water partition coefficient (Wildman–Crippen LogP) is 2.80. The fourth-order valence-electron chi connectivity index (χ4n) is 2.26. The molecular weight excluding hydrogens is 262 g/mol. The van der Waals surface area contributed by atoms with Crippen LogP contribution in [0.25, 0.3) is 0 Å². The number of aryl methyl sites for hydroxylation is 1. The summed E-state index contributed by atoms with van der Waals surface area (Å²) in [6.07, 6.45) is 1.95. The first-order valence-corrected chi connectivity index (χ1v) is 7.06. The van der Waals surface area contributed by atoms with Crippen molar-refractivity contribution in [3.05, 3.63) is 59.7 Å². The molecule has 1 atom stereocenters. The van der Waals surface area contributed by atoms with Crippen LogP contribution >= 0.6 is 0 Å². The minimum atomic E-state index is -0.472. The largest absolute Gasteiger partial charge is 0.399 e. The Morgan fingerprint density at radius 2 is 1.90 bits per heavy atom. The molecule has 0 saturated heterocycles. The van der Waals surface area contributed by atoms with Crippen LogP contribution in [0.15, 0.2) is 48.5 Å². The minimum Gasteiger partial charge on any atom is -0.399 e. The Labute approximate surface area is 125 Å². The molecule has 0 aliphatic carbocycles. The number of rotatable bonds is 6. The molecule has 2 rings (SSSR count). The standard InChI is InChI=1S/C17H21N3O/c1-12(7-8-13-5-3-2-4-6-13)20-16-10-9-14(18)11-15(16)17(19)21/h2-6,9-12,20H,7-8,18H2,1H3,(H2,19,21). The van der Waals surface area contributed by atoms with Gasteiger partial charge >= 0.3 is 0 Å². The van der Waals surface area contributed by atoms with Crippen LogP contribution in [-0.2, 0) is 6.42 Å². The van der Waals surface area contributed by atoms with Gasteiger partial charge in [-0.3, -0.25) is 4.79 Å². The number of nitrogen functional groups attached to an aromatic ring is 1. The minimum absolute atomic E-state index is 0.229. The molecule has 4 heteroatoms. The van der Waals surface area contributed by atoms with Gasteiger partial charge in [0.1, 0.15) is 0 Å². The highest BCUT2D eigenvalue weighted by molar-refractivity contribution is 5.99. The van der Waals surface area contributed by atoms with Crippen LogP contribution in [0.2, 0.25) is 0 Å². The van der Waals surface area contributed by atoms with Crippen molar-refractivity contribution in [1.82, 2.24) is 0 Å². The zero-order valence-corrected chi connectivity index (χ0v) is 12.2. The van der Waals surface area contributed by atoms with Gasteiger partial charge in [0.05, 0.1) is 5.56 Å². The Morgan fingerprint density at radius 3 is 2.57 bits per heavy atom. The molecule has 0 aliphatic rings. The maximum atomic E-state index is 11.5. The molecule has 2 aromatic rings. The first-order chi connectivity index (χ1) is 10.1. The highest BCUT2D eigenvalue weighted by Crippen LogP contribution is 2.20. The lowest BCUT2D eigenvalue weighted by molar-refractivity contribution is 0.100. The number of amides is 1. The molecule has 0 spiro atoms. The summed E-state index contributed by atoms with van der Waals surface area (Å²) in [6.45, 7) is 2.09. The van der Waals surface area contributed by atoms with Gasteiger partial charge in [0.25, 0.3) is 5.91 Å². The summed E-state index contributed by atoms with van der Waals surface area (Å²) in [4.78, 5) is 11.5. The molecular formula is C17H21N3O. The van der Waals surface area contributed by atoms with E-state index in [1.807, 2.05) is 18.2 Å². The number of carbonyl (C=O) groups is 1. The van der Waals surface area contributed by atoms with Crippen LogP contribution in [-0.4, -0.2) is 11.9 Å². The van der Waals surface area contributed by atoms with E-state index in [0.717, 1.165) is 18.5 Å². The molecule has 1 amide bonds. The summed E-state index contributed by atoms with van der Waals surface area (Å²) in [7, 11) is 0. The monoisotopic (exact) mass is 283 g/mol. The zero-order chi connectivity index (χ0) is 15.2. The van der Waals surface area contributed by atoms with Crippen LogP contribution in [0.4, 0.5) is 11.4 Å². The molecule has 0 aliphatic heterocycles. The van der Waals surface area contributed by atoms with Crippen LogP contribution in [0, 0.1) is 0 Å². The molecule has 0 saturated carbocycles. The fraction of sp³-hybridized carbons (Fsp3) is 0.235. The molecule has 0 bridgehead atoms. The van der Waals surface area contributed by atoms with Gasteiger partial charge in [-0.25, -0.2) is 0 Å². The van der Waals surface area contributed by atoms with Gasteiger partial charge in [0.15, 0.2) is 0 Å². The number of anilines is 2. The van der Waals surface area contributed by atoms with E-state index in [9.17, 15) is 4.79 Å². The Kier molecular flexibility index (Phi) is 4.82. The molecule has 110 valence electrons. The van der Waals surface area contributed by atoms with Gasteiger partial charge in [0, 0.05) is 17.4 Å². The van der Waals surface area contributed by atoms with Gasteiger partial charge in [-0.05, 0) is 43.5 Å². The maximum absolute atomic E-state index is 11.5. The van der Waals surface area contributed by atoms with Gasteiger partial charge in [-0.15, -0.1) is 0 Å². The third kappa shape index (κ3) is 4.24. The normalized spacial score (nSPS) is 11.9. The van der Waals surface area contributed by atoms with Gasteiger partial charge in [0.2, 0.25) is 0 Å². The van der Waals surface area contributed by atoms with E-state index in [1.165, 1.54) is 5.56 Å². The number of benzene rings is 2. The van der Waals surface area contributed by atoms with Crippen molar-refractivity contribution in [2.24, 2.45) is 5.73 Å². The third-order valence-electron chi connectivity index (χ3n) is 3.42. The predicted molar refractivity (Wildman–Crippen MR) is 87.2 cm³/mol. The lowest BCUT2D eigenvalue weighted by Gasteiger charge is -2.17. The van der Waals surface area contributed by atoms with Crippen LogP contribution in [0.1, 0.15) is 29.3 Å². The van der Waals surface area contributed by atoms with Crippen LogP contribution < -0.4 is 16.8 Å². The van der Waals surface area contributed by atoms with Gasteiger partial charge in [-0.1, -0.05) is 30.3 Å². The number of nitrogens with two attached hydrogens (primary N) is 2. The molecule has 5 N–H and O–H groups in total. The Balaban J connectivity index is 1.99. The summed E-state index contributed by atoms with van der Waals surface area (Å²) in [5, 5.41) is 3.33. The molecule has 21 heavy (non-hydrogen) atoms. The zero-order valence-electron chi connectivity index (χ0n) is 12.2. The lowest BCUT2D eigenvalue weighted by Crippen LogP contribution is -2.20. The first-order valence-electron chi connectivity index (χ1n) is 7.06. The average Bonchev–Trinajstić information content (AvgIpc) is 2.48. The molecule has 0 radical (unpaired) electrons. The summed E-state index contributed by atoms with van der Waals surface area (Å²) < 4.78 is 0. The summed E-state index contributed by atoms with van der Waals surface area (Å²) >= 11 is 0. The second-order valence-corrected chi connectivity index (χ2v) is 5.24. The fourth-order valence-corrected chi connectivity index (χ4v) is 2.26. The van der Waals surface area contributed by atoms with Crippen LogP contribution in [0.3, 0.4) is 0 Å². The highest BCUT2D eigenvalue weighted by Gasteiger charge is 2.11. The van der Waals surface area contributed by atoms with Crippen molar-refractivity contribution in [1.29, 1.82) is 0 Å².